The molecule has 1 heterocycles. The van der Waals surface area contributed by atoms with Crippen LogP contribution < -0.4 is 10.1 Å². The highest BCUT2D eigenvalue weighted by Crippen LogP contribution is 2.23. The summed E-state index contributed by atoms with van der Waals surface area (Å²) in [4.78, 5) is 13.2. The standard InChI is InChI=1S/C16H12ClF2N5O2/c17-13-4-2-1-3-12(13)15-21-23-24(22-15)9-14(25)20-10-5-7-11(8-6-10)26-16(18)19/h1-8,16H,9H2,(H,20,25). The molecule has 1 N–H and O–H groups in total. The van der Waals surface area contributed by atoms with E-state index in [0.717, 1.165) is 4.80 Å². The zero-order valence-corrected chi connectivity index (χ0v) is 13.9. The number of anilines is 1. The molecule has 0 aliphatic heterocycles. The van der Waals surface area contributed by atoms with Crippen LogP contribution in [-0.2, 0) is 11.3 Å². The Hall–Kier alpha value is -3.07. The summed E-state index contributed by atoms with van der Waals surface area (Å²) >= 11 is 6.07. The van der Waals surface area contributed by atoms with Gasteiger partial charge in [-0.25, -0.2) is 0 Å². The van der Waals surface area contributed by atoms with Crippen molar-refractivity contribution in [2.24, 2.45) is 0 Å². The Morgan fingerprint density at radius 1 is 1.19 bits per heavy atom. The van der Waals surface area contributed by atoms with E-state index in [9.17, 15) is 13.6 Å². The highest BCUT2D eigenvalue weighted by atomic mass is 35.5. The quantitative estimate of drug-likeness (QED) is 0.711. The number of tetrazole rings is 1. The highest BCUT2D eigenvalue weighted by Gasteiger charge is 2.12. The maximum Gasteiger partial charge on any atom is 0.387 e. The average Bonchev–Trinajstić information content (AvgIpc) is 3.04. The van der Waals surface area contributed by atoms with Crippen LogP contribution in [0.1, 0.15) is 0 Å². The molecule has 0 fully saturated rings. The molecule has 1 amide bonds. The molecule has 1 aromatic heterocycles. The molecule has 0 unspecified atom stereocenters. The lowest BCUT2D eigenvalue weighted by atomic mass is 10.2. The topological polar surface area (TPSA) is 81.9 Å². The molecule has 0 aliphatic rings. The van der Waals surface area contributed by atoms with Crippen molar-refractivity contribution in [2.75, 3.05) is 5.32 Å². The van der Waals surface area contributed by atoms with Gasteiger partial charge in [0.25, 0.3) is 0 Å². The van der Waals surface area contributed by atoms with Gasteiger partial charge in [-0.3, -0.25) is 4.79 Å². The first-order chi connectivity index (χ1) is 12.5. The van der Waals surface area contributed by atoms with E-state index in [-0.39, 0.29) is 12.3 Å². The Balaban J connectivity index is 1.61. The number of hydrogen-bond donors (Lipinski definition) is 1. The summed E-state index contributed by atoms with van der Waals surface area (Å²) in [6.45, 7) is -3.08. The summed E-state index contributed by atoms with van der Waals surface area (Å²) in [6, 6.07) is 12.5. The van der Waals surface area contributed by atoms with Crippen molar-refractivity contribution in [3.05, 3.63) is 53.6 Å². The number of nitrogens with one attached hydrogen (secondary N) is 1. The van der Waals surface area contributed by atoms with E-state index in [1.807, 2.05) is 0 Å². The maximum absolute atomic E-state index is 12.1. The third kappa shape index (κ3) is 4.51. The molecule has 0 aliphatic carbocycles. The van der Waals surface area contributed by atoms with Crippen molar-refractivity contribution in [1.82, 2.24) is 20.2 Å². The second-order valence-electron chi connectivity index (χ2n) is 5.07. The Labute approximate surface area is 151 Å². The predicted molar refractivity (Wildman–Crippen MR) is 90.0 cm³/mol. The zero-order chi connectivity index (χ0) is 18.5. The number of alkyl halides is 2. The molecule has 2 aromatic carbocycles. The first-order valence-electron chi connectivity index (χ1n) is 7.39. The monoisotopic (exact) mass is 379 g/mol. The third-order valence-corrected chi connectivity index (χ3v) is 3.55. The molecule has 0 saturated carbocycles. The number of ether oxygens (including phenoxy) is 1. The zero-order valence-electron chi connectivity index (χ0n) is 13.1. The van der Waals surface area contributed by atoms with E-state index < -0.39 is 12.5 Å². The number of rotatable bonds is 6. The van der Waals surface area contributed by atoms with Gasteiger partial charge in [-0.2, -0.15) is 13.6 Å². The number of nitrogens with zero attached hydrogens (tertiary/aromatic N) is 4. The molecule has 0 saturated heterocycles. The van der Waals surface area contributed by atoms with Gasteiger partial charge in [0.1, 0.15) is 12.3 Å². The van der Waals surface area contributed by atoms with E-state index in [1.165, 1.54) is 24.3 Å². The molecule has 10 heteroatoms. The highest BCUT2D eigenvalue weighted by molar-refractivity contribution is 6.33. The summed E-state index contributed by atoms with van der Waals surface area (Å²) < 4.78 is 28.4. The second kappa shape index (κ2) is 7.87. The van der Waals surface area contributed by atoms with Crippen molar-refractivity contribution in [1.29, 1.82) is 0 Å². The minimum atomic E-state index is -2.90. The summed E-state index contributed by atoms with van der Waals surface area (Å²) in [7, 11) is 0. The molecule has 0 radical (unpaired) electrons. The van der Waals surface area contributed by atoms with Crippen LogP contribution in [0.5, 0.6) is 5.75 Å². The van der Waals surface area contributed by atoms with E-state index >= 15 is 0 Å². The summed E-state index contributed by atoms with van der Waals surface area (Å²) in [5.74, 6) is -0.104. The largest absolute Gasteiger partial charge is 0.435 e. The number of aromatic nitrogens is 4. The third-order valence-electron chi connectivity index (χ3n) is 3.22. The average molecular weight is 380 g/mol. The molecule has 3 aromatic rings. The molecule has 7 nitrogen and oxygen atoms in total. The van der Waals surface area contributed by atoms with E-state index in [4.69, 9.17) is 11.6 Å². The van der Waals surface area contributed by atoms with Crippen molar-refractivity contribution >= 4 is 23.2 Å². The van der Waals surface area contributed by atoms with E-state index in [2.05, 4.69) is 25.5 Å². The minimum absolute atomic E-state index is 0.000300. The van der Waals surface area contributed by atoms with Crippen molar-refractivity contribution in [2.45, 2.75) is 13.2 Å². The van der Waals surface area contributed by atoms with Crippen molar-refractivity contribution in [3.8, 4) is 17.1 Å². The fourth-order valence-electron chi connectivity index (χ4n) is 2.11. The maximum atomic E-state index is 12.1. The van der Waals surface area contributed by atoms with Gasteiger partial charge in [-0.05, 0) is 41.6 Å². The number of carbonyl (C=O) groups excluding carboxylic acids is 1. The normalized spacial score (nSPS) is 10.8. The molecule has 134 valence electrons. The number of carbonyl (C=O) groups is 1. The van der Waals surface area contributed by atoms with Gasteiger partial charge in [-0.15, -0.1) is 10.2 Å². The molecular weight excluding hydrogens is 368 g/mol. The fourth-order valence-corrected chi connectivity index (χ4v) is 2.33. The van der Waals surface area contributed by atoms with E-state index in [0.29, 0.717) is 22.1 Å². The summed E-state index contributed by atoms with van der Waals surface area (Å²) in [5, 5.41) is 14.9. The Morgan fingerprint density at radius 2 is 1.92 bits per heavy atom. The Bertz CT molecular complexity index is 902. The number of benzene rings is 2. The van der Waals surface area contributed by atoms with Crippen LogP contribution in [0.3, 0.4) is 0 Å². The summed E-state index contributed by atoms with van der Waals surface area (Å²) in [5.41, 5.74) is 1.03. The molecule has 3 rings (SSSR count). The lowest BCUT2D eigenvalue weighted by Crippen LogP contribution is -2.20. The number of halogens is 3. The molecule has 0 spiro atoms. The van der Waals surface area contributed by atoms with Gasteiger partial charge in [0, 0.05) is 11.3 Å². The van der Waals surface area contributed by atoms with Crippen LogP contribution in [0.4, 0.5) is 14.5 Å². The molecule has 0 atom stereocenters. The van der Waals surface area contributed by atoms with E-state index in [1.54, 1.807) is 24.3 Å². The fraction of sp³-hybridized carbons (Fsp3) is 0.125. The van der Waals surface area contributed by atoms with Crippen LogP contribution >= 0.6 is 11.6 Å². The van der Waals surface area contributed by atoms with Gasteiger partial charge in [0.15, 0.2) is 0 Å². The van der Waals surface area contributed by atoms with Crippen LogP contribution in [0.2, 0.25) is 5.02 Å². The van der Waals surface area contributed by atoms with Crippen LogP contribution in [0, 0.1) is 0 Å². The van der Waals surface area contributed by atoms with Crippen LogP contribution in [0.15, 0.2) is 48.5 Å². The predicted octanol–water partition coefficient (Wildman–Crippen LogP) is 3.23. The SMILES string of the molecule is O=C(Cn1nnc(-c2ccccc2Cl)n1)Nc1ccc(OC(F)F)cc1. The van der Waals surface area contributed by atoms with Gasteiger partial charge >= 0.3 is 6.61 Å². The molecule has 26 heavy (non-hydrogen) atoms. The van der Waals surface area contributed by atoms with Crippen LogP contribution in [0.25, 0.3) is 11.4 Å². The van der Waals surface area contributed by atoms with Gasteiger partial charge in [0.2, 0.25) is 11.7 Å². The first kappa shape index (κ1) is 17.7. The minimum Gasteiger partial charge on any atom is -0.435 e. The summed E-state index contributed by atoms with van der Waals surface area (Å²) in [6.07, 6.45) is 0. The number of hydrogen-bond acceptors (Lipinski definition) is 5. The lowest BCUT2D eigenvalue weighted by molar-refractivity contribution is -0.117. The van der Waals surface area contributed by atoms with Gasteiger partial charge < -0.3 is 10.1 Å². The van der Waals surface area contributed by atoms with Gasteiger partial charge in [-0.1, -0.05) is 23.7 Å². The molecular formula is C16H12ClF2N5O2. The Kier molecular flexibility index (Phi) is 5.37. The van der Waals surface area contributed by atoms with Gasteiger partial charge in [0.05, 0.1) is 5.02 Å². The number of amides is 1. The Morgan fingerprint density at radius 3 is 2.62 bits per heavy atom. The van der Waals surface area contributed by atoms with Crippen molar-refractivity contribution in [3.63, 3.8) is 0 Å². The smallest absolute Gasteiger partial charge is 0.387 e. The van der Waals surface area contributed by atoms with Crippen LogP contribution in [-0.4, -0.2) is 32.7 Å². The lowest BCUT2D eigenvalue weighted by Gasteiger charge is -2.07. The molecule has 0 bridgehead atoms. The van der Waals surface area contributed by atoms with Crippen molar-refractivity contribution < 1.29 is 18.3 Å². The second-order valence-corrected chi connectivity index (χ2v) is 5.48. The first-order valence-corrected chi connectivity index (χ1v) is 7.76.